The number of aromatic carboxylic acids is 1. The number of anilines is 1. The number of carboxylic acid groups (broad SMARTS) is 1. The van der Waals surface area contributed by atoms with Crippen molar-refractivity contribution in [2.24, 2.45) is 0 Å². The lowest BCUT2D eigenvalue weighted by atomic mass is 10.2. The number of nitrogens with zero attached hydrogens (tertiary/aromatic N) is 1. The fraction of sp³-hybridized carbons (Fsp3) is 0. The molecule has 0 aliphatic rings. The zero-order chi connectivity index (χ0) is 14.7. The second-order valence-electron chi connectivity index (χ2n) is 3.82. The maximum atomic E-state index is 12.1. The molecule has 0 saturated heterocycles. The van der Waals surface area contributed by atoms with Gasteiger partial charge in [0.2, 0.25) is 0 Å². The van der Waals surface area contributed by atoms with Gasteiger partial charge in [-0.25, -0.2) is 9.78 Å². The molecular formula is C13H8BrClN2O3. The molecule has 0 aliphatic carbocycles. The predicted octanol–water partition coefficient (Wildman–Crippen LogP) is 3.45. The number of hydrogen-bond donors (Lipinski definition) is 2. The molecule has 2 N–H and O–H groups in total. The Kier molecular flexibility index (Phi) is 4.36. The summed E-state index contributed by atoms with van der Waals surface area (Å²) in [6, 6.07) is 7.71. The van der Waals surface area contributed by atoms with Gasteiger partial charge in [0.05, 0.1) is 5.69 Å². The van der Waals surface area contributed by atoms with Crippen molar-refractivity contribution in [3.8, 4) is 0 Å². The molecule has 0 radical (unpaired) electrons. The van der Waals surface area contributed by atoms with Gasteiger partial charge in [-0.15, -0.1) is 0 Å². The summed E-state index contributed by atoms with van der Waals surface area (Å²) in [4.78, 5) is 26.8. The van der Waals surface area contributed by atoms with E-state index in [0.29, 0.717) is 15.1 Å². The van der Waals surface area contributed by atoms with Crippen LogP contribution in [0.5, 0.6) is 0 Å². The van der Waals surface area contributed by atoms with Gasteiger partial charge in [0.25, 0.3) is 5.91 Å². The van der Waals surface area contributed by atoms with Crippen LogP contribution in [0.1, 0.15) is 20.8 Å². The third kappa shape index (κ3) is 3.34. The van der Waals surface area contributed by atoms with E-state index in [4.69, 9.17) is 16.7 Å². The van der Waals surface area contributed by atoms with Gasteiger partial charge in [-0.05, 0) is 30.3 Å². The topological polar surface area (TPSA) is 79.3 Å². The highest BCUT2D eigenvalue weighted by Crippen LogP contribution is 2.21. The van der Waals surface area contributed by atoms with Crippen molar-refractivity contribution < 1.29 is 14.7 Å². The first kappa shape index (κ1) is 14.5. The Bertz CT molecular complexity index is 671. The lowest BCUT2D eigenvalue weighted by molar-refractivity contribution is 0.0692. The quantitative estimate of drug-likeness (QED) is 0.884. The summed E-state index contributed by atoms with van der Waals surface area (Å²) in [5.74, 6) is -1.68. The standard InChI is InChI=1S/C13H8BrClN2O3/c14-8-4-7(5-9(15)6-8)12(18)17-10-2-1-3-16-11(10)13(19)20/h1-6H,(H,17,18)(H,19,20). The molecule has 0 atom stereocenters. The van der Waals surface area contributed by atoms with Crippen LogP contribution in [0.25, 0.3) is 0 Å². The number of carboxylic acids is 1. The van der Waals surface area contributed by atoms with Gasteiger partial charge in [0.15, 0.2) is 5.69 Å². The van der Waals surface area contributed by atoms with Gasteiger partial charge in [0, 0.05) is 21.3 Å². The molecule has 102 valence electrons. The molecule has 1 amide bonds. The number of aromatic nitrogens is 1. The van der Waals surface area contributed by atoms with E-state index >= 15 is 0 Å². The van der Waals surface area contributed by atoms with Crippen LogP contribution >= 0.6 is 27.5 Å². The first-order chi connectivity index (χ1) is 9.47. The van der Waals surface area contributed by atoms with E-state index in [9.17, 15) is 9.59 Å². The van der Waals surface area contributed by atoms with E-state index in [-0.39, 0.29) is 11.4 Å². The lowest BCUT2D eigenvalue weighted by Gasteiger charge is -2.08. The van der Waals surface area contributed by atoms with E-state index in [1.54, 1.807) is 12.1 Å². The Hall–Kier alpha value is -1.92. The number of carbonyl (C=O) groups is 2. The molecule has 5 nitrogen and oxygen atoms in total. The lowest BCUT2D eigenvalue weighted by Crippen LogP contribution is -2.15. The first-order valence-electron chi connectivity index (χ1n) is 5.43. The number of hydrogen-bond acceptors (Lipinski definition) is 3. The van der Waals surface area contributed by atoms with Crippen LogP contribution in [0, 0.1) is 0 Å². The number of rotatable bonds is 3. The number of nitrogens with one attached hydrogen (secondary N) is 1. The average Bonchev–Trinajstić information content (AvgIpc) is 2.37. The van der Waals surface area contributed by atoms with Crippen LogP contribution in [0.15, 0.2) is 41.0 Å². The minimum atomic E-state index is -1.21. The maximum Gasteiger partial charge on any atom is 0.356 e. The SMILES string of the molecule is O=C(Nc1cccnc1C(=O)O)c1cc(Cl)cc(Br)c1. The zero-order valence-corrected chi connectivity index (χ0v) is 12.3. The van der Waals surface area contributed by atoms with E-state index in [1.807, 2.05) is 0 Å². The molecule has 0 bridgehead atoms. The Balaban J connectivity index is 2.30. The van der Waals surface area contributed by atoms with Gasteiger partial charge >= 0.3 is 5.97 Å². The van der Waals surface area contributed by atoms with Crippen molar-refractivity contribution in [3.05, 3.63) is 57.3 Å². The molecular weight excluding hydrogens is 348 g/mol. The molecule has 20 heavy (non-hydrogen) atoms. The molecule has 2 aromatic rings. The highest BCUT2D eigenvalue weighted by atomic mass is 79.9. The molecule has 0 spiro atoms. The van der Waals surface area contributed by atoms with Crippen molar-refractivity contribution in [1.29, 1.82) is 0 Å². The minimum Gasteiger partial charge on any atom is -0.476 e. The van der Waals surface area contributed by atoms with Crippen LogP contribution in [0.2, 0.25) is 5.02 Å². The summed E-state index contributed by atoms with van der Waals surface area (Å²) < 4.78 is 0.653. The fourth-order valence-corrected chi connectivity index (χ4v) is 2.42. The smallest absolute Gasteiger partial charge is 0.356 e. The minimum absolute atomic E-state index is 0.126. The summed E-state index contributed by atoms with van der Waals surface area (Å²) in [7, 11) is 0. The van der Waals surface area contributed by atoms with E-state index < -0.39 is 11.9 Å². The maximum absolute atomic E-state index is 12.1. The summed E-state index contributed by atoms with van der Waals surface area (Å²) in [5.41, 5.74) is 0.215. The third-order valence-corrected chi connectivity index (χ3v) is 3.06. The Morgan fingerprint density at radius 2 is 2.05 bits per heavy atom. The highest BCUT2D eigenvalue weighted by molar-refractivity contribution is 9.10. The average molecular weight is 356 g/mol. The molecule has 1 aromatic carbocycles. The fourth-order valence-electron chi connectivity index (χ4n) is 1.56. The van der Waals surface area contributed by atoms with Gasteiger partial charge in [-0.3, -0.25) is 4.79 Å². The Morgan fingerprint density at radius 1 is 1.30 bits per heavy atom. The van der Waals surface area contributed by atoms with Crippen LogP contribution in [-0.2, 0) is 0 Å². The van der Waals surface area contributed by atoms with Crippen molar-refractivity contribution >= 4 is 45.1 Å². The Labute approximate surface area is 127 Å². The largest absolute Gasteiger partial charge is 0.476 e. The second-order valence-corrected chi connectivity index (χ2v) is 5.17. The highest BCUT2D eigenvalue weighted by Gasteiger charge is 2.15. The summed E-state index contributed by atoms with van der Waals surface area (Å²) in [6.07, 6.45) is 1.34. The van der Waals surface area contributed by atoms with Crippen molar-refractivity contribution in [1.82, 2.24) is 4.98 Å². The number of halogens is 2. The van der Waals surface area contributed by atoms with Crippen molar-refractivity contribution in [3.63, 3.8) is 0 Å². The number of amides is 1. The monoisotopic (exact) mass is 354 g/mol. The third-order valence-electron chi connectivity index (χ3n) is 2.38. The summed E-state index contributed by atoms with van der Waals surface area (Å²) in [5, 5.41) is 11.9. The van der Waals surface area contributed by atoms with Crippen LogP contribution in [0.3, 0.4) is 0 Å². The summed E-state index contributed by atoms with van der Waals surface area (Å²) in [6.45, 7) is 0. The number of pyridine rings is 1. The number of benzene rings is 1. The molecule has 0 fully saturated rings. The summed E-state index contributed by atoms with van der Waals surface area (Å²) >= 11 is 9.10. The zero-order valence-electron chi connectivity index (χ0n) is 9.93. The molecule has 7 heteroatoms. The van der Waals surface area contributed by atoms with E-state index in [1.165, 1.54) is 24.4 Å². The van der Waals surface area contributed by atoms with Gasteiger partial charge in [-0.1, -0.05) is 27.5 Å². The molecule has 0 aliphatic heterocycles. The molecule has 2 rings (SSSR count). The van der Waals surface area contributed by atoms with Crippen molar-refractivity contribution in [2.75, 3.05) is 5.32 Å². The van der Waals surface area contributed by atoms with E-state index in [2.05, 4.69) is 26.2 Å². The molecule has 1 heterocycles. The normalized spacial score (nSPS) is 10.1. The second kappa shape index (κ2) is 6.02. The van der Waals surface area contributed by atoms with Crippen LogP contribution < -0.4 is 5.32 Å². The van der Waals surface area contributed by atoms with Crippen molar-refractivity contribution in [2.45, 2.75) is 0 Å². The van der Waals surface area contributed by atoms with Gasteiger partial charge in [0.1, 0.15) is 0 Å². The number of carbonyl (C=O) groups excluding carboxylic acids is 1. The first-order valence-corrected chi connectivity index (χ1v) is 6.60. The Morgan fingerprint density at radius 3 is 2.70 bits per heavy atom. The van der Waals surface area contributed by atoms with Gasteiger partial charge in [-0.2, -0.15) is 0 Å². The van der Waals surface area contributed by atoms with Crippen LogP contribution in [0.4, 0.5) is 5.69 Å². The molecule has 0 unspecified atom stereocenters. The molecule has 1 aromatic heterocycles. The van der Waals surface area contributed by atoms with E-state index in [0.717, 1.165) is 0 Å². The van der Waals surface area contributed by atoms with Crippen LogP contribution in [-0.4, -0.2) is 22.0 Å². The van der Waals surface area contributed by atoms with Gasteiger partial charge < -0.3 is 10.4 Å². The predicted molar refractivity (Wildman–Crippen MR) is 78.3 cm³/mol. The molecule has 0 saturated carbocycles.